The maximum absolute atomic E-state index is 12.4. The van der Waals surface area contributed by atoms with Crippen LogP contribution in [0.25, 0.3) is 0 Å². The van der Waals surface area contributed by atoms with Crippen LogP contribution in [0.1, 0.15) is 25.0 Å². The maximum atomic E-state index is 12.4. The van der Waals surface area contributed by atoms with Crippen molar-refractivity contribution in [2.75, 3.05) is 13.7 Å². The largest absolute Gasteiger partial charge is 0.379 e. The normalized spacial score (nSPS) is 22.3. The van der Waals surface area contributed by atoms with E-state index in [-0.39, 0.29) is 36.3 Å². The Balaban J connectivity index is 1.44. The van der Waals surface area contributed by atoms with Gasteiger partial charge in [-0.3, -0.25) is 19.4 Å². The smallest absolute Gasteiger partial charge is 0.226 e. The molecule has 0 radical (unpaired) electrons. The van der Waals surface area contributed by atoms with Gasteiger partial charge in [0.2, 0.25) is 11.8 Å². The number of carbonyl (C=O) groups is 2. The second-order valence-electron chi connectivity index (χ2n) is 6.67. The fourth-order valence-electron chi connectivity index (χ4n) is 3.39. The van der Waals surface area contributed by atoms with E-state index in [0.29, 0.717) is 32.4 Å². The first-order valence-corrected chi connectivity index (χ1v) is 9.06. The molecule has 27 heavy (non-hydrogen) atoms. The molecule has 3 atom stereocenters. The molecular weight excluding hydrogens is 350 g/mol. The van der Waals surface area contributed by atoms with Crippen LogP contribution in [-0.2, 0) is 27.3 Å². The number of aromatic nitrogens is 5. The van der Waals surface area contributed by atoms with E-state index in [9.17, 15) is 9.59 Å². The van der Waals surface area contributed by atoms with Crippen LogP contribution < -0.4 is 10.6 Å². The topological polar surface area (TPSA) is 127 Å². The minimum atomic E-state index is -0.185. The van der Waals surface area contributed by atoms with Crippen LogP contribution in [0.3, 0.4) is 0 Å². The van der Waals surface area contributed by atoms with Gasteiger partial charge in [0, 0.05) is 31.5 Å². The first-order chi connectivity index (χ1) is 13.2. The lowest BCUT2D eigenvalue weighted by molar-refractivity contribution is -0.128. The van der Waals surface area contributed by atoms with Crippen LogP contribution in [-0.4, -0.2) is 62.6 Å². The average molecular weight is 375 g/mol. The summed E-state index contributed by atoms with van der Waals surface area (Å²) in [5, 5.41) is 16.6. The minimum Gasteiger partial charge on any atom is -0.379 e. The number of methoxy groups -OCH3 is 1. The summed E-state index contributed by atoms with van der Waals surface area (Å²) in [7, 11) is 1.61. The number of rotatable bonds is 8. The SMILES string of the molecule is CO[C@@H]1C[C@@H](C(=O)NCCn2cncn2)CC[C@H]1NC(=O)Cc1ccn[nH]1. The highest BCUT2D eigenvalue weighted by atomic mass is 16.5. The van der Waals surface area contributed by atoms with Gasteiger partial charge in [-0.1, -0.05) is 0 Å². The molecule has 2 aromatic rings. The molecule has 1 saturated carbocycles. The Kier molecular flexibility index (Phi) is 6.53. The summed E-state index contributed by atoms with van der Waals surface area (Å²) in [6.07, 6.45) is 6.76. The molecule has 0 aliphatic heterocycles. The van der Waals surface area contributed by atoms with E-state index in [4.69, 9.17) is 4.74 Å². The Bertz CT molecular complexity index is 717. The number of nitrogens with one attached hydrogen (secondary N) is 3. The molecule has 0 saturated heterocycles. The molecule has 10 heteroatoms. The van der Waals surface area contributed by atoms with Crippen molar-refractivity contribution in [3.63, 3.8) is 0 Å². The third-order valence-electron chi connectivity index (χ3n) is 4.83. The summed E-state index contributed by atoms with van der Waals surface area (Å²) in [5.74, 6) is -0.187. The predicted molar refractivity (Wildman–Crippen MR) is 95.4 cm³/mol. The van der Waals surface area contributed by atoms with Crippen molar-refractivity contribution < 1.29 is 14.3 Å². The van der Waals surface area contributed by atoms with Gasteiger partial charge in [0.25, 0.3) is 0 Å². The summed E-state index contributed by atoms with van der Waals surface area (Å²) < 4.78 is 7.22. The Morgan fingerprint density at radius 1 is 1.41 bits per heavy atom. The third-order valence-corrected chi connectivity index (χ3v) is 4.83. The number of hydrogen-bond donors (Lipinski definition) is 3. The molecular formula is C17H25N7O3. The van der Waals surface area contributed by atoms with Gasteiger partial charge in [-0.15, -0.1) is 0 Å². The number of nitrogens with zero attached hydrogens (tertiary/aromatic N) is 4. The molecule has 2 heterocycles. The number of ether oxygens (including phenoxy) is 1. The van der Waals surface area contributed by atoms with Crippen LogP contribution in [0.4, 0.5) is 0 Å². The summed E-state index contributed by atoms with van der Waals surface area (Å²) >= 11 is 0. The molecule has 1 aliphatic carbocycles. The molecule has 1 fully saturated rings. The minimum absolute atomic E-state index is 0.0133. The monoisotopic (exact) mass is 375 g/mol. The van der Waals surface area contributed by atoms with Gasteiger partial charge in [-0.05, 0) is 25.3 Å². The lowest BCUT2D eigenvalue weighted by atomic mass is 9.83. The molecule has 10 nitrogen and oxygen atoms in total. The van der Waals surface area contributed by atoms with Crippen molar-refractivity contribution in [3.05, 3.63) is 30.6 Å². The molecule has 0 bridgehead atoms. The number of hydrogen-bond acceptors (Lipinski definition) is 6. The Morgan fingerprint density at radius 3 is 3.00 bits per heavy atom. The van der Waals surface area contributed by atoms with Gasteiger partial charge in [-0.25, -0.2) is 4.98 Å². The molecule has 3 N–H and O–H groups in total. The van der Waals surface area contributed by atoms with Crippen LogP contribution in [0, 0.1) is 5.92 Å². The maximum Gasteiger partial charge on any atom is 0.226 e. The quantitative estimate of drug-likeness (QED) is 0.579. The summed E-state index contributed by atoms with van der Waals surface area (Å²) in [6.45, 7) is 1.08. The summed E-state index contributed by atoms with van der Waals surface area (Å²) in [6, 6.07) is 1.68. The highest BCUT2D eigenvalue weighted by Gasteiger charge is 2.34. The van der Waals surface area contributed by atoms with Gasteiger partial charge < -0.3 is 15.4 Å². The Hall–Kier alpha value is -2.75. The molecule has 0 aromatic carbocycles. The third kappa shape index (κ3) is 5.36. The fraction of sp³-hybridized carbons (Fsp3) is 0.588. The summed E-state index contributed by atoms with van der Waals surface area (Å²) in [5.41, 5.74) is 0.766. The predicted octanol–water partition coefficient (Wildman–Crippen LogP) is -0.340. The number of aromatic amines is 1. The lowest BCUT2D eigenvalue weighted by Gasteiger charge is -2.35. The molecule has 146 valence electrons. The average Bonchev–Trinajstić information content (AvgIpc) is 3.36. The van der Waals surface area contributed by atoms with Crippen molar-refractivity contribution in [2.24, 2.45) is 5.92 Å². The molecule has 0 spiro atoms. The van der Waals surface area contributed by atoms with Crippen molar-refractivity contribution in [1.82, 2.24) is 35.6 Å². The van der Waals surface area contributed by atoms with E-state index >= 15 is 0 Å². The van der Waals surface area contributed by atoms with Gasteiger partial charge in [0.15, 0.2) is 0 Å². The second kappa shape index (κ2) is 9.26. The number of carbonyl (C=O) groups excluding carboxylic acids is 2. The highest BCUT2D eigenvalue weighted by Crippen LogP contribution is 2.27. The first kappa shape index (κ1) is 19.0. The zero-order valence-corrected chi connectivity index (χ0v) is 15.3. The number of amides is 2. The molecule has 1 aliphatic rings. The van der Waals surface area contributed by atoms with Crippen LogP contribution in [0.2, 0.25) is 0 Å². The first-order valence-electron chi connectivity index (χ1n) is 9.06. The van der Waals surface area contributed by atoms with E-state index in [1.54, 1.807) is 30.4 Å². The van der Waals surface area contributed by atoms with Crippen LogP contribution in [0.5, 0.6) is 0 Å². The molecule has 3 rings (SSSR count). The molecule has 0 unspecified atom stereocenters. The molecule has 2 aromatic heterocycles. The zero-order valence-electron chi connectivity index (χ0n) is 15.3. The van der Waals surface area contributed by atoms with Gasteiger partial charge in [0.1, 0.15) is 12.7 Å². The summed E-state index contributed by atoms with van der Waals surface area (Å²) in [4.78, 5) is 28.5. The van der Waals surface area contributed by atoms with E-state index in [0.717, 1.165) is 5.69 Å². The number of H-pyrrole nitrogens is 1. The van der Waals surface area contributed by atoms with Crippen LogP contribution >= 0.6 is 0 Å². The standard InChI is InChI=1S/C17H25N7O3/c1-27-15-8-12(17(26)19-6-7-24-11-18-10-21-24)2-3-14(15)22-16(25)9-13-4-5-20-23-13/h4-5,10-12,14-15H,2-3,6-9H2,1H3,(H,19,26)(H,20,23)(H,22,25)/t12-,14+,15+/m0/s1. The van der Waals surface area contributed by atoms with Crippen molar-refractivity contribution in [1.29, 1.82) is 0 Å². The van der Waals surface area contributed by atoms with Crippen molar-refractivity contribution in [2.45, 2.75) is 44.4 Å². The van der Waals surface area contributed by atoms with Crippen LogP contribution in [0.15, 0.2) is 24.9 Å². The Labute approximate surface area is 157 Å². The van der Waals surface area contributed by atoms with Crippen molar-refractivity contribution in [3.8, 4) is 0 Å². The van der Waals surface area contributed by atoms with Gasteiger partial charge in [-0.2, -0.15) is 10.2 Å². The second-order valence-corrected chi connectivity index (χ2v) is 6.67. The zero-order chi connectivity index (χ0) is 19.1. The lowest BCUT2D eigenvalue weighted by Crippen LogP contribution is -2.50. The fourth-order valence-corrected chi connectivity index (χ4v) is 3.39. The van der Waals surface area contributed by atoms with E-state index in [1.807, 2.05) is 0 Å². The van der Waals surface area contributed by atoms with E-state index in [1.165, 1.54) is 6.33 Å². The van der Waals surface area contributed by atoms with Gasteiger partial charge in [0.05, 0.1) is 25.1 Å². The Morgan fingerprint density at radius 2 is 2.30 bits per heavy atom. The van der Waals surface area contributed by atoms with Gasteiger partial charge >= 0.3 is 0 Å². The van der Waals surface area contributed by atoms with E-state index in [2.05, 4.69) is 30.9 Å². The van der Waals surface area contributed by atoms with Crippen molar-refractivity contribution >= 4 is 11.8 Å². The molecule has 2 amide bonds. The highest BCUT2D eigenvalue weighted by molar-refractivity contribution is 5.79. The van der Waals surface area contributed by atoms with E-state index < -0.39 is 0 Å².